The van der Waals surface area contributed by atoms with E-state index in [0.29, 0.717) is 12.6 Å². The number of nitrogens with zero attached hydrogens (tertiary/aromatic N) is 1. The maximum absolute atomic E-state index is 11.6. The summed E-state index contributed by atoms with van der Waals surface area (Å²) in [6, 6.07) is 0.494. The number of nitrogens with one attached hydrogen (secondary N) is 1. The standard InChI is InChI=1S/C10H21F3N2O/c1-9(2)15(3)7-4-5-14-6-8-16-10(11,12)13/h9,14H,4-8H2,1-3H3. The second kappa shape index (κ2) is 7.86. The van der Waals surface area contributed by atoms with Crippen LogP contribution in [0.15, 0.2) is 0 Å². The summed E-state index contributed by atoms with van der Waals surface area (Å²) in [7, 11) is 2.03. The monoisotopic (exact) mass is 242 g/mol. The first kappa shape index (κ1) is 15.7. The Morgan fingerprint density at radius 2 is 1.88 bits per heavy atom. The molecule has 0 aliphatic heterocycles. The summed E-state index contributed by atoms with van der Waals surface area (Å²) in [5.74, 6) is 0. The molecule has 1 N–H and O–H groups in total. The Hall–Kier alpha value is -0.330. The zero-order valence-electron chi connectivity index (χ0n) is 10.1. The van der Waals surface area contributed by atoms with Crippen LogP contribution in [-0.2, 0) is 4.74 Å². The molecule has 0 aliphatic carbocycles. The highest BCUT2D eigenvalue weighted by Gasteiger charge is 2.28. The van der Waals surface area contributed by atoms with Crippen molar-refractivity contribution >= 4 is 0 Å². The highest BCUT2D eigenvalue weighted by atomic mass is 19.4. The molecule has 0 atom stereocenters. The Labute approximate surface area is 94.9 Å². The summed E-state index contributed by atoms with van der Waals surface area (Å²) in [6.45, 7) is 5.74. The van der Waals surface area contributed by atoms with Crippen molar-refractivity contribution in [3.63, 3.8) is 0 Å². The van der Waals surface area contributed by atoms with Gasteiger partial charge in [0.05, 0.1) is 6.61 Å². The van der Waals surface area contributed by atoms with Crippen LogP contribution in [0.1, 0.15) is 20.3 Å². The van der Waals surface area contributed by atoms with Gasteiger partial charge in [0.1, 0.15) is 0 Å². The third-order valence-corrected chi connectivity index (χ3v) is 2.29. The van der Waals surface area contributed by atoms with Crippen LogP contribution in [0.2, 0.25) is 0 Å². The number of hydrogen-bond donors (Lipinski definition) is 1. The van der Waals surface area contributed by atoms with Crippen molar-refractivity contribution in [2.75, 3.05) is 33.3 Å². The summed E-state index contributed by atoms with van der Waals surface area (Å²) in [5.41, 5.74) is 0. The van der Waals surface area contributed by atoms with E-state index < -0.39 is 6.36 Å². The summed E-state index contributed by atoms with van der Waals surface area (Å²) in [6.07, 6.45) is -3.60. The Bertz CT molecular complexity index is 174. The normalized spacial score (nSPS) is 12.8. The molecule has 0 aliphatic rings. The molecule has 0 heterocycles. The van der Waals surface area contributed by atoms with Gasteiger partial charge in [-0.3, -0.25) is 4.74 Å². The molecule has 0 unspecified atom stereocenters. The number of ether oxygens (including phenoxy) is 1. The van der Waals surface area contributed by atoms with Gasteiger partial charge in [-0.2, -0.15) is 0 Å². The van der Waals surface area contributed by atoms with Crippen LogP contribution in [0.3, 0.4) is 0 Å². The van der Waals surface area contributed by atoms with Crippen molar-refractivity contribution in [2.45, 2.75) is 32.7 Å². The third kappa shape index (κ3) is 10.2. The van der Waals surface area contributed by atoms with E-state index in [1.165, 1.54) is 0 Å². The minimum Gasteiger partial charge on any atom is -0.314 e. The maximum atomic E-state index is 11.6. The van der Waals surface area contributed by atoms with E-state index in [1.54, 1.807) is 0 Å². The van der Waals surface area contributed by atoms with Crippen LogP contribution in [0.25, 0.3) is 0 Å². The van der Waals surface area contributed by atoms with Crippen molar-refractivity contribution in [1.82, 2.24) is 10.2 Å². The lowest BCUT2D eigenvalue weighted by Gasteiger charge is -2.20. The van der Waals surface area contributed by atoms with E-state index in [0.717, 1.165) is 13.0 Å². The van der Waals surface area contributed by atoms with Crippen molar-refractivity contribution in [3.05, 3.63) is 0 Å². The van der Waals surface area contributed by atoms with Gasteiger partial charge < -0.3 is 10.2 Å². The Morgan fingerprint density at radius 1 is 1.25 bits per heavy atom. The molecular formula is C10H21F3N2O. The minimum absolute atomic E-state index is 0.227. The molecule has 0 aromatic heterocycles. The summed E-state index contributed by atoms with van der Waals surface area (Å²) in [5, 5.41) is 2.90. The van der Waals surface area contributed by atoms with Crippen LogP contribution in [0.4, 0.5) is 13.2 Å². The largest absolute Gasteiger partial charge is 0.522 e. The van der Waals surface area contributed by atoms with Gasteiger partial charge in [-0.25, -0.2) is 0 Å². The predicted molar refractivity (Wildman–Crippen MR) is 57.3 cm³/mol. The van der Waals surface area contributed by atoms with Gasteiger partial charge in [-0.1, -0.05) is 0 Å². The minimum atomic E-state index is -4.51. The fraction of sp³-hybridized carbons (Fsp3) is 1.00. The zero-order chi connectivity index (χ0) is 12.6. The fourth-order valence-corrected chi connectivity index (χ4v) is 1.08. The molecule has 3 nitrogen and oxygen atoms in total. The first-order valence-corrected chi connectivity index (χ1v) is 5.44. The lowest BCUT2D eigenvalue weighted by molar-refractivity contribution is -0.323. The van der Waals surface area contributed by atoms with E-state index in [2.05, 4.69) is 28.8 Å². The van der Waals surface area contributed by atoms with Crippen molar-refractivity contribution in [1.29, 1.82) is 0 Å². The van der Waals surface area contributed by atoms with Crippen LogP contribution in [0.5, 0.6) is 0 Å². The highest BCUT2D eigenvalue weighted by Crippen LogP contribution is 2.14. The fourth-order valence-electron chi connectivity index (χ4n) is 1.08. The summed E-state index contributed by atoms with van der Waals surface area (Å²) < 4.78 is 38.3. The molecule has 0 saturated carbocycles. The molecule has 0 aromatic carbocycles. The van der Waals surface area contributed by atoms with Gasteiger partial charge in [0, 0.05) is 12.6 Å². The molecule has 98 valence electrons. The molecule has 0 fully saturated rings. The van der Waals surface area contributed by atoms with Gasteiger partial charge in [-0.05, 0) is 40.4 Å². The molecule has 0 rings (SSSR count). The smallest absolute Gasteiger partial charge is 0.314 e. The van der Waals surface area contributed by atoms with Crippen LogP contribution in [0, 0.1) is 0 Å². The van der Waals surface area contributed by atoms with Crippen molar-refractivity contribution in [3.8, 4) is 0 Å². The molecular weight excluding hydrogens is 221 g/mol. The molecule has 0 saturated heterocycles. The Kier molecular flexibility index (Phi) is 7.70. The van der Waals surface area contributed by atoms with Gasteiger partial charge in [0.25, 0.3) is 0 Å². The lowest BCUT2D eigenvalue weighted by atomic mass is 10.3. The lowest BCUT2D eigenvalue weighted by Crippen LogP contribution is -2.30. The van der Waals surface area contributed by atoms with Gasteiger partial charge in [-0.15, -0.1) is 13.2 Å². The van der Waals surface area contributed by atoms with E-state index >= 15 is 0 Å². The second-order valence-electron chi connectivity index (χ2n) is 3.97. The summed E-state index contributed by atoms with van der Waals surface area (Å²) >= 11 is 0. The van der Waals surface area contributed by atoms with Gasteiger partial charge in [0.2, 0.25) is 0 Å². The van der Waals surface area contributed by atoms with Crippen LogP contribution < -0.4 is 5.32 Å². The highest BCUT2D eigenvalue weighted by molar-refractivity contribution is 4.58. The van der Waals surface area contributed by atoms with Crippen LogP contribution >= 0.6 is 0 Å². The molecule has 0 aromatic rings. The molecule has 0 spiro atoms. The topological polar surface area (TPSA) is 24.5 Å². The van der Waals surface area contributed by atoms with Crippen molar-refractivity contribution in [2.24, 2.45) is 0 Å². The van der Waals surface area contributed by atoms with E-state index in [-0.39, 0.29) is 13.2 Å². The Balaban J connectivity index is 3.22. The quantitative estimate of drug-likeness (QED) is 0.657. The molecule has 0 amide bonds. The molecule has 16 heavy (non-hydrogen) atoms. The second-order valence-corrected chi connectivity index (χ2v) is 3.97. The first-order chi connectivity index (χ1) is 7.33. The van der Waals surface area contributed by atoms with Gasteiger partial charge >= 0.3 is 6.36 Å². The van der Waals surface area contributed by atoms with E-state index in [4.69, 9.17) is 0 Å². The zero-order valence-corrected chi connectivity index (χ0v) is 10.1. The van der Waals surface area contributed by atoms with E-state index in [1.807, 2.05) is 7.05 Å². The van der Waals surface area contributed by atoms with Gasteiger partial charge in [0.15, 0.2) is 0 Å². The first-order valence-electron chi connectivity index (χ1n) is 5.44. The average molecular weight is 242 g/mol. The average Bonchev–Trinajstić information content (AvgIpc) is 2.14. The van der Waals surface area contributed by atoms with Crippen molar-refractivity contribution < 1.29 is 17.9 Å². The number of halogens is 3. The molecule has 0 bridgehead atoms. The third-order valence-electron chi connectivity index (χ3n) is 2.29. The SMILES string of the molecule is CC(C)N(C)CCCNCCOC(F)(F)F. The number of hydrogen-bond acceptors (Lipinski definition) is 3. The predicted octanol–water partition coefficient (Wildman–Crippen LogP) is 1.84. The summed E-state index contributed by atoms with van der Waals surface area (Å²) in [4.78, 5) is 2.19. The van der Waals surface area contributed by atoms with E-state index in [9.17, 15) is 13.2 Å². The molecule has 0 radical (unpaired) electrons. The number of rotatable bonds is 8. The number of alkyl halides is 3. The maximum Gasteiger partial charge on any atom is 0.522 e. The Morgan fingerprint density at radius 3 is 2.38 bits per heavy atom. The molecule has 6 heteroatoms. The van der Waals surface area contributed by atoms with Crippen LogP contribution in [-0.4, -0.2) is 50.6 Å².